The highest BCUT2D eigenvalue weighted by Gasteiger charge is 2.14. The van der Waals surface area contributed by atoms with Crippen LogP contribution >= 0.6 is 0 Å². The highest BCUT2D eigenvalue weighted by atomic mass is 15.3. The molecule has 19 heavy (non-hydrogen) atoms. The van der Waals surface area contributed by atoms with Crippen molar-refractivity contribution in [3.8, 4) is 0 Å². The number of nitrogens with zero attached hydrogens (tertiary/aromatic N) is 2. The van der Waals surface area contributed by atoms with Crippen molar-refractivity contribution in [3.63, 3.8) is 0 Å². The number of benzene rings is 1. The minimum absolute atomic E-state index is 0.0352. The van der Waals surface area contributed by atoms with Gasteiger partial charge < -0.3 is 5.73 Å². The fraction of sp³-hybridized carbons (Fsp3) is 0.438. The molecule has 1 aromatic heterocycles. The molecule has 0 aliphatic carbocycles. The maximum Gasteiger partial charge on any atom is 0.0662 e. The highest BCUT2D eigenvalue weighted by Crippen LogP contribution is 2.20. The summed E-state index contributed by atoms with van der Waals surface area (Å²) in [6.45, 7) is 11.2. The van der Waals surface area contributed by atoms with Gasteiger partial charge in [-0.1, -0.05) is 29.3 Å². The highest BCUT2D eigenvalue weighted by molar-refractivity contribution is 5.31. The summed E-state index contributed by atoms with van der Waals surface area (Å²) in [5.41, 5.74) is 13.3. The molecule has 0 saturated carbocycles. The first-order chi connectivity index (χ1) is 8.88. The summed E-state index contributed by atoms with van der Waals surface area (Å²) in [4.78, 5) is 0. The second kappa shape index (κ2) is 5.17. The molecule has 102 valence electrons. The number of hydrogen-bond acceptors (Lipinski definition) is 2. The molecule has 1 atom stereocenters. The van der Waals surface area contributed by atoms with Crippen molar-refractivity contribution in [3.05, 3.63) is 51.8 Å². The average molecular weight is 257 g/mol. The molecular weight excluding hydrogens is 234 g/mol. The molecule has 1 heterocycles. The van der Waals surface area contributed by atoms with Crippen LogP contribution in [0.15, 0.2) is 18.2 Å². The van der Waals surface area contributed by atoms with E-state index in [1.54, 1.807) is 0 Å². The molecule has 3 nitrogen and oxygen atoms in total. The Labute approximate surface area is 115 Å². The molecule has 0 saturated heterocycles. The van der Waals surface area contributed by atoms with E-state index in [0.717, 1.165) is 12.2 Å². The maximum atomic E-state index is 6.02. The first-order valence-corrected chi connectivity index (χ1v) is 6.75. The van der Waals surface area contributed by atoms with Gasteiger partial charge in [-0.05, 0) is 40.2 Å². The SMILES string of the molecule is Cc1cc(C)cc(Cn2nc(C)c(C(C)N)c2C)c1. The Bertz CT molecular complexity index is 574. The van der Waals surface area contributed by atoms with Crippen LogP contribution in [0.2, 0.25) is 0 Å². The van der Waals surface area contributed by atoms with Crippen LogP contribution in [0, 0.1) is 27.7 Å². The average Bonchev–Trinajstić information content (AvgIpc) is 2.52. The van der Waals surface area contributed by atoms with E-state index in [4.69, 9.17) is 5.73 Å². The Morgan fingerprint density at radius 1 is 1.11 bits per heavy atom. The van der Waals surface area contributed by atoms with Gasteiger partial charge in [0.05, 0.1) is 12.2 Å². The molecule has 2 aromatic rings. The molecular formula is C16H23N3. The van der Waals surface area contributed by atoms with Crippen molar-refractivity contribution in [1.82, 2.24) is 9.78 Å². The molecule has 0 radical (unpaired) electrons. The number of nitrogens with two attached hydrogens (primary N) is 1. The molecule has 1 aromatic carbocycles. The van der Waals surface area contributed by atoms with E-state index in [0.29, 0.717) is 0 Å². The topological polar surface area (TPSA) is 43.8 Å². The van der Waals surface area contributed by atoms with Crippen LogP contribution in [-0.4, -0.2) is 9.78 Å². The zero-order valence-corrected chi connectivity index (χ0v) is 12.5. The standard InChI is InChI=1S/C16H23N3/c1-10-6-11(2)8-15(7-10)9-19-14(5)16(12(3)17)13(4)18-19/h6-8,12H,9,17H2,1-5H3. The Kier molecular flexibility index (Phi) is 3.76. The first kappa shape index (κ1) is 13.8. The Morgan fingerprint density at radius 2 is 1.68 bits per heavy atom. The van der Waals surface area contributed by atoms with Crippen molar-refractivity contribution in [2.45, 2.75) is 47.2 Å². The number of aromatic nitrogens is 2. The molecule has 0 spiro atoms. The lowest BCUT2D eigenvalue weighted by Gasteiger charge is -2.09. The Morgan fingerprint density at radius 3 is 2.16 bits per heavy atom. The van der Waals surface area contributed by atoms with Crippen molar-refractivity contribution in [2.24, 2.45) is 5.73 Å². The molecule has 2 N–H and O–H groups in total. The lowest BCUT2D eigenvalue weighted by atomic mass is 10.1. The molecule has 1 unspecified atom stereocenters. The summed E-state index contributed by atoms with van der Waals surface area (Å²) < 4.78 is 2.06. The van der Waals surface area contributed by atoms with Crippen LogP contribution in [0.1, 0.15) is 46.6 Å². The van der Waals surface area contributed by atoms with E-state index in [2.05, 4.69) is 48.8 Å². The molecule has 0 aliphatic rings. The van der Waals surface area contributed by atoms with Crippen molar-refractivity contribution >= 4 is 0 Å². The van der Waals surface area contributed by atoms with Gasteiger partial charge in [-0.25, -0.2) is 0 Å². The van der Waals surface area contributed by atoms with Gasteiger partial charge in [0.15, 0.2) is 0 Å². The third kappa shape index (κ3) is 2.87. The third-order valence-corrected chi connectivity index (χ3v) is 3.51. The zero-order chi connectivity index (χ0) is 14.2. The van der Waals surface area contributed by atoms with Gasteiger partial charge in [-0.3, -0.25) is 4.68 Å². The molecule has 0 aliphatic heterocycles. The van der Waals surface area contributed by atoms with Gasteiger partial charge in [0.25, 0.3) is 0 Å². The Hall–Kier alpha value is -1.61. The third-order valence-electron chi connectivity index (χ3n) is 3.51. The summed E-state index contributed by atoms with van der Waals surface area (Å²) in [6.07, 6.45) is 0. The van der Waals surface area contributed by atoms with Crippen LogP contribution in [0.5, 0.6) is 0 Å². The van der Waals surface area contributed by atoms with Gasteiger partial charge in [0, 0.05) is 17.3 Å². The largest absolute Gasteiger partial charge is 0.324 e. The quantitative estimate of drug-likeness (QED) is 0.917. The lowest BCUT2D eigenvalue weighted by Crippen LogP contribution is -2.09. The van der Waals surface area contributed by atoms with Gasteiger partial charge in [0.1, 0.15) is 0 Å². The predicted octanol–water partition coefficient (Wildman–Crippen LogP) is 3.18. The summed E-state index contributed by atoms with van der Waals surface area (Å²) in [5, 5.41) is 4.62. The fourth-order valence-corrected chi connectivity index (χ4v) is 2.86. The second-order valence-electron chi connectivity index (χ2n) is 5.53. The molecule has 0 amide bonds. The van der Waals surface area contributed by atoms with Crippen LogP contribution in [0.3, 0.4) is 0 Å². The van der Waals surface area contributed by atoms with Gasteiger partial charge >= 0.3 is 0 Å². The van der Waals surface area contributed by atoms with Crippen LogP contribution in [0.25, 0.3) is 0 Å². The van der Waals surface area contributed by atoms with Gasteiger partial charge in [-0.15, -0.1) is 0 Å². The van der Waals surface area contributed by atoms with Crippen molar-refractivity contribution in [2.75, 3.05) is 0 Å². The van der Waals surface area contributed by atoms with Crippen LogP contribution < -0.4 is 5.73 Å². The van der Waals surface area contributed by atoms with E-state index in [1.807, 2.05) is 13.8 Å². The molecule has 3 heteroatoms. The van der Waals surface area contributed by atoms with E-state index >= 15 is 0 Å². The fourth-order valence-electron chi connectivity index (χ4n) is 2.86. The normalized spacial score (nSPS) is 12.7. The first-order valence-electron chi connectivity index (χ1n) is 6.75. The summed E-state index contributed by atoms with van der Waals surface area (Å²) in [6, 6.07) is 6.66. The predicted molar refractivity (Wildman–Crippen MR) is 79.3 cm³/mol. The molecule has 0 fully saturated rings. The molecule has 0 bridgehead atoms. The number of aryl methyl sites for hydroxylation is 3. The molecule has 2 rings (SSSR count). The van der Waals surface area contributed by atoms with Crippen molar-refractivity contribution < 1.29 is 0 Å². The maximum absolute atomic E-state index is 6.02. The van der Waals surface area contributed by atoms with E-state index < -0.39 is 0 Å². The minimum Gasteiger partial charge on any atom is -0.324 e. The van der Waals surface area contributed by atoms with Gasteiger partial charge in [-0.2, -0.15) is 5.10 Å². The van der Waals surface area contributed by atoms with E-state index in [-0.39, 0.29) is 6.04 Å². The van der Waals surface area contributed by atoms with E-state index in [1.165, 1.54) is 27.9 Å². The van der Waals surface area contributed by atoms with Gasteiger partial charge in [0.2, 0.25) is 0 Å². The number of hydrogen-bond donors (Lipinski definition) is 1. The smallest absolute Gasteiger partial charge is 0.0662 e. The summed E-state index contributed by atoms with van der Waals surface area (Å²) in [5.74, 6) is 0. The summed E-state index contributed by atoms with van der Waals surface area (Å²) >= 11 is 0. The lowest BCUT2D eigenvalue weighted by molar-refractivity contribution is 0.655. The van der Waals surface area contributed by atoms with E-state index in [9.17, 15) is 0 Å². The van der Waals surface area contributed by atoms with Crippen LogP contribution in [0.4, 0.5) is 0 Å². The minimum atomic E-state index is 0.0352. The zero-order valence-electron chi connectivity index (χ0n) is 12.5. The van der Waals surface area contributed by atoms with Crippen LogP contribution in [-0.2, 0) is 6.54 Å². The Balaban J connectivity index is 2.36. The second-order valence-corrected chi connectivity index (χ2v) is 5.53. The summed E-state index contributed by atoms with van der Waals surface area (Å²) in [7, 11) is 0. The van der Waals surface area contributed by atoms with Crippen molar-refractivity contribution in [1.29, 1.82) is 0 Å². The number of rotatable bonds is 3. The monoisotopic (exact) mass is 257 g/mol.